The predicted octanol–water partition coefficient (Wildman–Crippen LogP) is 4.13. The van der Waals surface area contributed by atoms with E-state index in [1.807, 2.05) is 68.4 Å². The molecular formula is C24H29N3O3. The molecule has 30 heavy (non-hydrogen) atoms. The summed E-state index contributed by atoms with van der Waals surface area (Å²) in [5.74, 6) is 0.397. The zero-order valence-corrected chi connectivity index (χ0v) is 17.9. The first kappa shape index (κ1) is 21.6. The fourth-order valence-corrected chi connectivity index (χ4v) is 3.51. The summed E-state index contributed by atoms with van der Waals surface area (Å²) in [4.78, 5) is 26.6. The standard InChI is InChI=1S/C24H29N3O3/c1-5-18-10-6-8-12-20(18)26-23(28)15-27(4)24(29)17(3)25-16(2)22-14-19-11-7-9-13-21(19)30-22/h6-14,16-17,25H,5,15H2,1-4H3,(H,26,28). The molecule has 2 N–H and O–H groups in total. The molecule has 0 aliphatic rings. The Balaban J connectivity index is 1.56. The summed E-state index contributed by atoms with van der Waals surface area (Å²) in [5, 5.41) is 7.19. The van der Waals surface area contributed by atoms with Gasteiger partial charge in [0, 0.05) is 18.1 Å². The van der Waals surface area contributed by atoms with Gasteiger partial charge in [-0.05, 0) is 44.0 Å². The number of amides is 2. The molecule has 0 aliphatic heterocycles. The number of nitrogens with zero attached hydrogens (tertiary/aromatic N) is 1. The number of anilines is 1. The molecule has 2 amide bonds. The number of fused-ring (bicyclic) bond motifs is 1. The van der Waals surface area contributed by atoms with Crippen molar-refractivity contribution < 1.29 is 14.0 Å². The first-order valence-electron chi connectivity index (χ1n) is 10.3. The minimum Gasteiger partial charge on any atom is -0.459 e. The fraction of sp³-hybridized carbons (Fsp3) is 0.333. The Labute approximate surface area is 177 Å². The molecule has 6 nitrogen and oxygen atoms in total. The highest BCUT2D eigenvalue weighted by Crippen LogP contribution is 2.24. The molecule has 2 atom stereocenters. The minimum absolute atomic E-state index is 0.0120. The molecule has 0 saturated carbocycles. The van der Waals surface area contributed by atoms with Crippen LogP contribution in [-0.4, -0.2) is 36.3 Å². The summed E-state index contributed by atoms with van der Waals surface area (Å²) in [7, 11) is 1.64. The van der Waals surface area contributed by atoms with Crippen molar-refractivity contribution in [3.63, 3.8) is 0 Å². The summed E-state index contributed by atoms with van der Waals surface area (Å²) in [5.41, 5.74) is 2.67. The quantitative estimate of drug-likeness (QED) is 0.589. The lowest BCUT2D eigenvalue weighted by Gasteiger charge is -2.24. The van der Waals surface area contributed by atoms with Crippen molar-refractivity contribution in [2.45, 2.75) is 39.3 Å². The molecule has 0 saturated heterocycles. The van der Waals surface area contributed by atoms with Gasteiger partial charge in [0.15, 0.2) is 0 Å². The third-order valence-electron chi connectivity index (χ3n) is 5.17. The van der Waals surface area contributed by atoms with E-state index in [4.69, 9.17) is 4.42 Å². The predicted molar refractivity (Wildman–Crippen MR) is 119 cm³/mol. The van der Waals surface area contributed by atoms with Crippen molar-refractivity contribution in [1.29, 1.82) is 0 Å². The Bertz CT molecular complexity index is 994. The van der Waals surface area contributed by atoms with Crippen LogP contribution in [0.3, 0.4) is 0 Å². The maximum absolute atomic E-state index is 12.7. The van der Waals surface area contributed by atoms with E-state index in [0.717, 1.165) is 34.4 Å². The molecule has 3 rings (SSSR count). The molecule has 1 aromatic heterocycles. The average Bonchev–Trinajstić information content (AvgIpc) is 3.18. The van der Waals surface area contributed by atoms with E-state index >= 15 is 0 Å². The van der Waals surface area contributed by atoms with Crippen LogP contribution in [0, 0.1) is 0 Å². The molecule has 2 unspecified atom stereocenters. The minimum atomic E-state index is -0.464. The Kier molecular flexibility index (Phi) is 6.90. The maximum Gasteiger partial charge on any atom is 0.243 e. The highest BCUT2D eigenvalue weighted by atomic mass is 16.3. The molecule has 0 aliphatic carbocycles. The Morgan fingerprint density at radius 2 is 1.77 bits per heavy atom. The Morgan fingerprint density at radius 1 is 1.07 bits per heavy atom. The van der Waals surface area contributed by atoms with Crippen molar-refractivity contribution in [1.82, 2.24) is 10.2 Å². The number of likely N-dealkylation sites (N-methyl/N-ethyl adjacent to an activating group) is 1. The second-order valence-electron chi connectivity index (χ2n) is 7.55. The number of rotatable bonds is 8. The number of carbonyl (C=O) groups excluding carboxylic acids is 2. The van der Waals surface area contributed by atoms with Crippen molar-refractivity contribution in [2.24, 2.45) is 0 Å². The molecule has 0 bridgehead atoms. The number of hydrogen-bond acceptors (Lipinski definition) is 4. The van der Waals surface area contributed by atoms with Crippen molar-refractivity contribution >= 4 is 28.5 Å². The molecule has 3 aromatic rings. The SMILES string of the molecule is CCc1ccccc1NC(=O)CN(C)C(=O)C(C)NC(C)c1cc2ccccc2o1. The Hall–Kier alpha value is -3.12. The van der Waals surface area contributed by atoms with E-state index in [2.05, 4.69) is 10.6 Å². The summed E-state index contributed by atoms with van der Waals surface area (Å²) < 4.78 is 5.87. The lowest BCUT2D eigenvalue weighted by atomic mass is 10.1. The van der Waals surface area contributed by atoms with Crippen LogP contribution < -0.4 is 10.6 Å². The first-order valence-corrected chi connectivity index (χ1v) is 10.3. The lowest BCUT2D eigenvalue weighted by molar-refractivity contribution is -0.135. The van der Waals surface area contributed by atoms with Gasteiger partial charge in [-0.3, -0.25) is 14.9 Å². The lowest BCUT2D eigenvalue weighted by Crippen LogP contribution is -2.46. The number of hydrogen-bond donors (Lipinski definition) is 2. The second kappa shape index (κ2) is 9.59. The number of carbonyl (C=O) groups is 2. The summed E-state index contributed by atoms with van der Waals surface area (Å²) >= 11 is 0. The van der Waals surface area contributed by atoms with Gasteiger partial charge in [0.1, 0.15) is 11.3 Å². The molecule has 2 aromatic carbocycles. The van der Waals surface area contributed by atoms with E-state index in [1.54, 1.807) is 14.0 Å². The van der Waals surface area contributed by atoms with E-state index < -0.39 is 6.04 Å². The number of aryl methyl sites for hydroxylation is 1. The molecule has 0 fully saturated rings. The molecule has 0 radical (unpaired) electrons. The van der Waals surface area contributed by atoms with Gasteiger partial charge < -0.3 is 14.6 Å². The summed E-state index contributed by atoms with van der Waals surface area (Å²) in [6, 6.07) is 16.9. The van der Waals surface area contributed by atoms with Crippen LogP contribution in [0.15, 0.2) is 59.0 Å². The third-order valence-corrected chi connectivity index (χ3v) is 5.17. The van der Waals surface area contributed by atoms with Gasteiger partial charge >= 0.3 is 0 Å². The van der Waals surface area contributed by atoms with E-state index in [0.29, 0.717) is 0 Å². The largest absolute Gasteiger partial charge is 0.459 e. The van der Waals surface area contributed by atoms with Crippen molar-refractivity contribution in [3.8, 4) is 0 Å². The van der Waals surface area contributed by atoms with E-state index in [-0.39, 0.29) is 24.4 Å². The molecule has 0 spiro atoms. The zero-order chi connectivity index (χ0) is 21.7. The number of furan rings is 1. The van der Waals surface area contributed by atoms with Crippen LogP contribution in [0.2, 0.25) is 0 Å². The highest BCUT2D eigenvalue weighted by molar-refractivity contribution is 5.95. The smallest absolute Gasteiger partial charge is 0.243 e. The third kappa shape index (κ3) is 5.07. The van der Waals surface area contributed by atoms with Crippen LogP contribution >= 0.6 is 0 Å². The number of benzene rings is 2. The molecular weight excluding hydrogens is 378 g/mol. The molecule has 158 valence electrons. The van der Waals surface area contributed by atoms with E-state index in [1.165, 1.54) is 4.90 Å². The fourth-order valence-electron chi connectivity index (χ4n) is 3.51. The van der Waals surface area contributed by atoms with Crippen molar-refractivity contribution in [2.75, 3.05) is 18.9 Å². The van der Waals surface area contributed by atoms with Crippen molar-refractivity contribution in [3.05, 3.63) is 65.9 Å². The number of nitrogens with one attached hydrogen (secondary N) is 2. The van der Waals surface area contributed by atoms with Gasteiger partial charge in [0.2, 0.25) is 11.8 Å². The van der Waals surface area contributed by atoms with Gasteiger partial charge in [0.05, 0.1) is 18.6 Å². The van der Waals surface area contributed by atoms with Crippen LogP contribution in [0.4, 0.5) is 5.69 Å². The average molecular weight is 408 g/mol. The Morgan fingerprint density at radius 3 is 2.50 bits per heavy atom. The topological polar surface area (TPSA) is 74.6 Å². The van der Waals surface area contributed by atoms with Gasteiger partial charge in [-0.15, -0.1) is 0 Å². The van der Waals surface area contributed by atoms with Gasteiger partial charge in [-0.1, -0.05) is 43.3 Å². The van der Waals surface area contributed by atoms with Crippen LogP contribution in [0.5, 0.6) is 0 Å². The van der Waals surface area contributed by atoms with Gasteiger partial charge in [-0.2, -0.15) is 0 Å². The normalized spacial score (nSPS) is 13.1. The monoisotopic (exact) mass is 407 g/mol. The highest BCUT2D eigenvalue weighted by Gasteiger charge is 2.23. The maximum atomic E-state index is 12.7. The molecule has 1 heterocycles. The summed E-state index contributed by atoms with van der Waals surface area (Å²) in [6.07, 6.45) is 0.825. The zero-order valence-electron chi connectivity index (χ0n) is 17.9. The first-order chi connectivity index (χ1) is 14.4. The number of para-hydroxylation sites is 2. The second-order valence-corrected chi connectivity index (χ2v) is 7.55. The van der Waals surface area contributed by atoms with Gasteiger partial charge in [-0.25, -0.2) is 0 Å². The summed E-state index contributed by atoms with van der Waals surface area (Å²) in [6.45, 7) is 5.78. The van der Waals surface area contributed by atoms with E-state index in [9.17, 15) is 9.59 Å². The van der Waals surface area contributed by atoms with Gasteiger partial charge in [0.25, 0.3) is 0 Å². The van der Waals surface area contributed by atoms with Crippen LogP contribution in [0.25, 0.3) is 11.0 Å². The van der Waals surface area contributed by atoms with Crippen LogP contribution in [0.1, 0.15) is 38.1 Å². The molecule has 6 heteroatoms. The van der Waals surface area contributed by atoms with Crippen LogP contribution in [-0.2, 0) is 16.0 Å².